The Morgan fingerprint density at radius 2 is 1.90 bits per heavy atom. The molecule has 0 aromatic heterocycles. The minimum Gasteiger partial charge on any atom is -0.0844 e. The lowest BCUT2D eigenvalue weighted by atomic mass is 10.2. The van der Waals surface area contributed by atoms with Crippen LogP contribution in [0.4, 0.5) is 0 Å². The highest BCUT2D eigenvalue weighted by Crippen LogP contribution is 1.93. The Hall–Kier alpha value is -1.04. The van der Waals surface area contributed by atoms with E-state index in [0.717, 1.165) is 12.8 Å². The van der Waals surface area contributed by atoms with Gasteiger partial charge in [0.05, 0.1) is 0 Å². The number of hydrogen-bond donors (Lipinski definition) is 0. The van der Waals surface area contributed by atoms with Crippen LogP contribution in [0.2, 0.25) is 0 Å². The molecular formula is C10H11. The molecule has 0 N–H and O–H groups in total. The maximum absolute atomic E-state index is 3.12. The zero-order valence-corrected chi connectivity index (χ0v) is 5.96. The highest BCUT2D eigenvalue weighted by molar-refractivity contribution is 5.12. The van der Waals surface area contributed by atoms with Crippen LogP contribution in [0.1, 0.15) is 12.8 Å². The van der Waals surface area contributed by atoms with Gasteiger partial charge < -0.3 is 0 Å². The molecule has 0 spiro atoms. The summed E-state index contributed by atoms with van der Waals surface area (Å²) in [5.41, 5.74) is 0. The Labute approximate surface area is 62.3 Å². The van der Waals surface area contributed by atoms with E-state index in [1.807, 2.05) is 24.3 Å². The summed E-state index contributed by atoms with van der Waals surface area (Å²) in [6, 6.07) is 0. The highest BCUT2D eigenvalue weighted by Gasteiger charge is 1.73. The molecule has 0 saturated heterocycles. The first-order chi connectivity index (χ1) is 5.00. The van der Waals surface area contributed by atoms with Gasteiger partial charge in [-0.1, -0.05) is 42.5 Å². The van der Waals surface area contributed by atoms with Crippen molar-refractivity contribution in [3.63, 3.8) is 0 Å². The SMILES string of the molecule is [C]1=CC=CC=CCC=CC1. The highest BCUT2D eigenvalue weighted by atomic mass is 13.8. The summed E-state index contributed by atoms with van der Waals surface area (Å²) in [7, 11) is 0. The third-order valence-electron chi connectivity index (χ3n) is 1.25. The summed E-state index contributed by atoms with van der Waals surface area (Å²) in [5, 5.41) is 0. The Bertz CT molecular complexity index is 160. The normalized spacial score (nSPS) is 17.6. The van der Waals surface area contributed by atoms with Crippen LogP contribution >= 0.6 is 0 Å². The molecule has 0 amide bonds. The van der Waals surface area contributed by atoms with Crippen LogP contribution in [0.25, 0.3) is 0 Å². The molecule has 0 heteroatoms. The lowest BCUT2D eigenvalue weighted by Crippen LogP contribution is -1.63. The fraction of sp³-hybridized carbons (Fsp3) is 0.200. The molecule has 0 nitrogen and oxygen atoms in total. The predicted molar refractivity (Wildman–Crippen MR) is 44.5 cm³/mol. The molecule has 51 valence electrons. The van der Waals surface area contributed by atoms with E-state index >= 15 is 0 Å². The molecule has 0 aliphatic heterocycles. The van der Waals surface area contributed by atoms with E-state index < -0.39 is 0 Å². The van der Waals surface area contributed by atoms with Gasteiger partial charge in [-0.05, 0) is 18.9 Å². The van der Waals surface area contributed by atoms with Crippen LogP contribution in [0.5, 0.6) is 0 Å². The second-order valence-corrected chi connectivity index (χ2v) is 2.10. The van der Waals surface area contributed by atoms with Crippen molar-refractivity contribution in [3.05, 3.63) is 48.6 Å². The topological polar surface area (TPSA) is 0 Å². The zero-order chi connectivity index (χ0) is 7.07. The van der Waals surface area contributed by atoms with Gasteiger partial charge >= 0.3 is 0 Å². The van der Waals surface area contributed by atoms with E-state index in [1.54, 1.807) is 0 Å². The molecule has 0 atom stereocenters. The summed E-state index contributed by atoms with van der Waals surface area (Å²) in [4.78, 5) is 0. The first kappa shape index (κ1) is 7.07. The van der Waals surface area contributed by atoms with Crippen LogP contribution in [0.3, 0.4) is 0 Å². The second-order valence-electron chi connectivity index (χ2n) is 2.10. The Balaban J connectivity index is 2.51. The predicted octanol–water partition coefficient (Wildman–Crippen LogP) is 2.81. The summed E-state index contributed by atoms with van der Waals surface area (Å²) in [6.07, 6.45) is 19.5. The second kappa shape index (κ2) is 4.80. The van der Waals surface area contributed by atoms with E-state index in [-0.39, 0.29) is 0 Å². The van der Waals surface area contributed by atoms with E-state index in [2.05, 4.69) is 24.3 Å². The van der Waals surface area contributed by atoms with Crippen molar-refractivity contribution in [1.29, 1.82) is 0 Å². The molecule has 0 saturated carbocycles. The molecule has 10 heavy (non-hydrogen) atoms. The molecule has 0 fully saturated rings. The van der Waals surface area contributed by atoms with Crippen molar-refractivity contribution in [3.8, 4) is 0 Å². The standard InChI is InChI=1S/C10H11/c1-2-4-6-8-10-9-7-5-3-1/h1-5,8,10H,6,9H2. The Morgan fingerprint density at radius 1 is 0.900 bits per heavy atom. The molecule has 1 rings (SSSR count). The van der Waals surface area contributed by atoms with E-state index in [9.17, 15) is 0 Å². The van der Waals surface area contributed by atoms with Crippen LogP contribution in [0, 0.1) is 6.08 Å². The van der Waals surface area contributed by atoms with Crippen molar-refractivity contribution in [1.82, 2.24) is 0 Å². The first-order valence-corrected chi connectivity index (χ1v) is 3.53. The average Bonchev–Trinajstić information content (AvgIpc) is 2.01. The molecule has 0 aromatic rings. The van der Waals surface area contributed by atoms with Gasteiger partial charge in [-0.3, -0.25) is 0 Å². The van der Waals surface area contributed by atoms with Gasteiger partial charge in [0.25, 0.3) is 0 Å². The summed E-state index contributed by atoms with van der Waals surface area (Å²) >= 11 is 0. The van der Waals surface area contributed by atoms with Crippen LogP contribution in [-0.2, 0) is 0 Å². The third-order valence-corrected chi connectivity index (χ3v) is 1.25. The summed E-state index contributed by atoms with van der Waals surface area (Å²) in [5.74, 6) is 0. The van der Waals surface area contributed by atoms with Gasteiger partial charge in [0, 0.05) is 0 Å². The molecule has 0 heterocycles. The van der Waals surface area contributed by atoms with Crippen LogP contribution < -0.4 is 0 Å². The van der Waals surface area contributed by atoms with E-state index in [0.29, 0.717) is 0 Å². The summed E-state index contributed by atoms with van der Waals surface area (Å²) < 4.78 is 0. The van der Waals surface area contributed by atoms with E-state index in [1.165, 1.54) is 0 Å². The molecule has 0 aromatic carbocycles. The maximum atomic E-state index is 3.12. The fourth-order valence-electron chi connectivity index (χ4n) is 0.739. The average molecular weight is 131 g/mol. The number of allylic oxidation sites excluding steroid dienone is 8. The van der Waals surface area contributed by atoms with Gasteiger partial charge in [-0.25, -0.2) is 0 Å². The van der Waals surface area contributed by atoms with E-state index in [4.69, 9.17) is 0 Å². The molecule has 0 bridgehead atoms. The zero-order valence-electron chi connectivity index (χ0n) is 5.96. The fourth-order valence-corrected chi connectivity index (χ4v) is 0.739. The van der Waals surface area contributed by atoms with Gasteiger partial charge in [0.1, 0.15) is 0 Å². The van der Waals surface area contributed by atoms with Crippen molar-refractivity contribution >= 4 is 0 Å². The van der Waals surface area contributed by atoms with Crippen molar-refractivity contribution < 1.29 is 0 Å². The van der Waals surface area contributed by atoms with Crippen molar-refractivity contribution in [2.75, 3.05) is 0 Å². The maximum Gasteiger partial charge on any atom is -0.00945 e. The molecule has 1 aliphatic carbocycles. The molecule has 1 radical (unpaired) electrons. The van der Waals surface area contributed by atoms with Crippen LogP contribution in [-0.4, -0.2) is 0 Å². The third kappa shape index (κ3) is 3.08. The van der Waals surface area contributed by atoms with Crippen molar-refractivity contribution in [2.45, 2.75) is 12.8 Å². The van der Waals surface area contributed by atoms with Crippen molar-refractivity contribution in [2.24, 2.45) is 0 Å². The summed E-state index contributed by atoms with van der Waals surface area (Å²) in [6.45, 7) is 0. The van der Waals surface area contributed by atoms with Gasteiger partial charge in [0.15, 0.2) is 0 Å². The van der Waals surface area contributed by atoms with Gasteiger partial charge in [-0.15, -0.1) is 0 Å². The minimum atomic E-state index is 0.929. The lowest BCUT2D eigenvalue weighted by molar-refractivity contribution is 1.28. The van der Waals surface area contributed by atoms with Crippen LogP contribution in [0.15, 0.2) is 42.5 Å². The van der Waals surface area contributed by atoms with Gasteiger partial charge in [0.2, 0.25) is 0 Å². The quantitative estimate of drug-likeness (QED) is 0.443. The Morgan fingerprint density at radius 3 is 2.90 bits per heavy atom. The largest absolute Gasteiger partial charge is 0.0844 e. The Kier molecular flexibility index (Phi) is 3.40. The minimum absolute atomic E-state index is 0.929. The first-order valence-electron chi connectivity index (χ1n) is 3.53. The smallest absolute Gasteiger partial charge is 0.00945 e. The molecule has 0 unspecified atom stereocenters. The monoisotopic (exact) mass is 131 g/mol. The number of rotatable bonds is 0. The molecular weight excluding hydrogens is 120 g/mol. The number of hydrogen-bond acceptors (Lipinski definition) is 0. The lowest BCUT2D eigenvalue weighted by Gasteiger charge is -1.83. The molecule has 1 aliphatic rings. The van der Waals surface area contributed by atoms with Gasteiger partial charge in [-0.2, -0.15) is 0 Å².